The van der Waals surface area contributed by atoms with Gasteiger partial charge in [0.2, 0.25) is 0 Å². The molecule has 0 aliphatic heterocycles. The van der Waals surface area contributed by atoms with Gasteiger partial charge in [0.15, 0.2) is 0 Å². The van der Waals surface area contributed by atoms with Crippen molar-refractivity contribution in [3.63, 3.8) is 0 Å². The van der Waals surface area contributed by atoms with E-state index in [1.54, 1.807) is 11.8 Å². The summed E-state index contributed by atoms with van der Waals surface area (Å²) in [7, 11) is 0. The maximum absolute atomic E-state index is 7.82. The Labute approximate surface area is 114 Å². The molecular weight excluding hydrogens is 242 g/mol. The van der Waals surface area contributed by atoms with Crippen LogP contribution in [0.5, 0.6) is 0 Å². The number of hydrogen-bond acceptors (Lipinski definition) is 3. The second-order valence-corrected chi connectivity index (χ2v) is 5.10. The highest BCUT2D eigenvalue weighted by molar-refractivity contribution is 7.98. The Balaban J connectivity index is 3.23. The molecule has 0 aliphatic rings. The number of benzene rings is 1. The van der Waals surface area contributed by atoms with Gasteiger partial charge in [-0.25, -0.2) is 0 Å². The molecule has 0 bridgehead atoms. The van der Waals surface area contributed by atoms with Crippen LogP contribution in [0.25, 0.3) is 0 Å². The van der Waals surface area contributed by atoms with Gasteiger partial charge in [0.1, 0.15) is 5.84 Å². The molecule has 18 heavy (non-hydrogen) atoms. The summed E-state index contributed by atoms with van der Waals surface area (Å²) in [4.78, 5) is 3.41. The van der Waals surface area contributed by atoms with Crippen molar-refractivity contribution < 1.29 is 0 Å². The molecule has 0 spiro atoms. The third-order valence-electron chi connectivity index (χ3n) is 2.82. The molecule has 0 aliphatic carbocycles. The van der Waals surface area contributed by atoms with Gasteiger partial charge in [0, 0.05) is 23.7 Å². The topological polar surface area (TPSA) is 53.1 Å². The van der Waals surface area contributed by atoms with Crippen LogP contribution in [0.3, 0.4) is 0 Å². The Kier molecular flexibility index (Phi) is 6.05. The largest absolute Gasteiger partial charge is 0.384 e. The first-order valence-corrected chi connectivity index (χ1v) is 7.64. The van der Waals surface area contributed by atoms with Gasteiger partial charge in [-0.1, -0.05) is 19.9 Å². The first-order chi connectivity index (χ1) is 8.65. The van der Waals surface area contributed by atoms with Gasteiger partial charge < -0.3 is 10.6 Å². The fourth-order valence-electron chi connectivity index (χ4n) is 2.12. The highest BCUT2D eigenvalue weighted by Crippen LogP contribution is 2.29. The maximum atomic E-state index is 7.82. The number of rotatable bonds is 7. The van der Waals surface area contributed by atoms with Crippen LogP contribution >= 0.6 is 11.8 Å². The fourth-order valence-corrected chi connectivity index (χ4v) is 2.75. The average molecular weight is 265 g/mol. The van der Waals surface area contributed by atoms with E-state index in [1.807, 2.05) is 18.4 Å². The minimum atomic E-state index is 0.159. The zero-order chi connectivity index (χ0) is 13.5. The molecule has 0 heterocycles. The van der Waals surface area contributed by atoms with E-state index in [2.05, 4.69) is 24.8 Å². The highest BCUT2D eigenvalue weighted by atomic mass is 32.2. The van der Waals surface area contributed by atoms with Crippen molar-refractivity contribution in [2.45, 2.75) is 31.6 Å². The summed E-state index contributed by atoms with van der Waals surface area (Å²) >= 11 is 1.64. The summed E-state index contributed by atoms with van der Waals surface area (Å²) in [6.07, 6.45) is 4.22. The fraction of sp³-hybridized carbons (Fsp3) is 0.500. The Hall–Kier alpha value is -1.16. The van der Waals surface area contributed by atoms with Gasteiger partial charge >= 0.3 is 0 Å². The standard InChI is InChI=1S/C14H23N3S/c1-4-9-17(10-5-2)11-7-6-8-12(18-3)13(11)14(15)16/h6-8H,4-5,9-10H2,1-3H3,(H3,15,16). The summed E-state index contributed by atoms with van der Waals surface area (Å²) in [5, 5.41) is 7.82. The minimum Gasteiger partial charge on any atom is -0.384 e. The Morgan fingerprint density at radius 3 is 2.33 bits per heavy atom. The first kappa shape index (κ1) is 14.9. The molecule has 1 aromatic rings. The molecule has 0 saturated heterocycles. The SMILES string of the molecule is CCCN(CCC)c1cccc(SC)c1C(=N)N. The molecular formula is C14H23N3S. The zero-order valence-electron chi connectivity index (χ0n) is 11.5. The van der Waals surface area contributed by atoms with Crippen molar-refractivity contribution in [1.82, 2.24) is 0 Å². The van der Waals surface area contributed by atoms with Gasteiger partial charge in [-0.2, -0.15) is 0 Å². The van der Waals surface area contributed by atoms with Crippen molar-refractivity contribution in [1.29, 1.82) is 5.41 Å². The third kappa shape index (κ3) is 3.42. The van der Waals surface area contributed by atoms with Crippen molar-refractivity contribution >= 4 is 23.3 Å². The predicted octanol–water partition coefficient (Wildman–Crippen LogP) is 3.32. The monoisotopic (exact) mass is 265 g/mol. The zero-order valence-corrected chi connectivity index (χ0v) is 12.3. The molecule has 0 unspecified atom stereocenters. The lowest BCUT2D eigenvalue weighted by Crippen LogP contribution is -2.28. The summed E-state index contributed by atoms with van der Waals surface area (Å²) in [5.41, 5.74) is 7.74. The smallest absolute Gasteiger partial charge is 0.126 e. The number of nitrogen functional groups attached to an aromatic ring is 1. The van der Waals surface area contributed by atoms with E-state index in [9.17, 15) is 0 Å². The quantitative estimate of drug-likeness (QED) is 0.452. The lowest BCUT2D eigenvalue weighted by molar-refractivity contribution is 0.743. The van der Waals surface area contributed by atoms with E-state index in [0.717, 1.165) is 42.1 Å². The molecule has 0 aromatic heterocycles. The van der Waals surface area contributed by atoms with Gasteiger partial charge in [0.05, 0.1) is 5.56 Å². The number of nitrogens with two attached hydrogens (primary N) is 1. The molecule has 3 nitrogen and oxygen atoms in total. The van der Waals surface area contributed by atoms with Crippen LogP contribution < -0.4 is 10.6 Å². The van der Waals surface area contributed by atoms with Crippen LogP contribution in [-0.4, -0.2) is 25.2 Å². The van der Waals surface area contributed by atoms with Crippen LogP contribution in [-0.2, 0) is 0 Å². The summed E-state index contributed by atoms with van der Waals surface area (Å²) < 4.78 is 0. The second-order valence-electron chi connectivity index (χ2n) is 4.26. The molecule has 0 amide bonds. The molecule has 1 aromatic carbocycles. The molecule has 1 rings (SSSR count). The molecule has 100 valence electrons. The van der Waals surface area contributed by atoms with E-state index in [0.29, 0.717) is 0 Å². The maximum Gasteiger partial charge on any atom is 0.126 e. The van der Waals surface area contributed by atoms with Gasteiger partial charge in [0.25, 0.3) is 0 Å². The number of anilines is 1. The summed E-state index contributed by atoms with van der Waals surface area (Å²) in [5.74, 6) is 0.159. The number of nitrogens with one attached hydrogen (secondary N) is 1. The van der Waals surface area contributed by atoms with Crippen LogP contribution in [0, 0.1) is 5.41 Å². The van der Waals surface area contributed by atoms with Crippen molar-refractivity contribution in [3.05, 3.63) is 23.8 Å². The number of amidine groups is 1. The average Bonchev–Trinajstić information content (AvgIpc) is 2.37. The van der Waals surface area contributed by atoms with E-state index >= 15 is 0 Å². The molecule has 4 heteroatoms. The number of thioether (sulfide) groups is 1. The van der Waals surface area contributed by atoms with Gasteiger partial charge in [-0.05, 0) is 31.2 Å². The lowest BCUT2D eigenvalue weighted by Gasteiger charge is -2.27. The Morgan fingerprint density at radius 2 is 1.89 bits per heavy atom. The van der Waals surface area contributed by atoms with E-state index < -0.39 is 0 Å². The summed E-state index contributed by atoms with van der Waals surface area (Å²) in [6, 6.07) is 6.15. The number of nitrogens with zero attached hydrogens (tertiary/aromatic N) is 1. The van der Waals surface area contributed by atoms with Crippen LogP contribution in [0.4, 0.5) is 5.69 Å². The van der Waals surface area contributed by atoms with Gasteiger partial charge in [-0.3, -0.25) is 5.41 Å². The predicted molar refractivity (Wildman–Crippen MR) is 82.0 cm³/mol. The highest BCUT2D eigenvalue weighted by Gasteiger charge is 2.15. The summed E-state index contributed by atoms with van der Waals surface area (Å²) in [6.45, 7) is 6.36. The van der Waals surface area contributed by atoms with E-state index in [1.165, 1.54) is 0 Å². The van der Waals surface area contributed by atoms with E-state index in [-0.39, 0.29) is 5.84 Å². The van der Waals surface area contributed by atoms with E-state index in [4.69, 9.17) is 11.1 Å². The van der Waals surface area contributed by atoms with Crippen molar-refractivity contribution in [3.8, 4) is 0 Å². The molecule has 3 N–H and O–H groups in total. The molecule has 0 atom stereocenters. The van der Waals surface area contributed by atoms with Crippen LogP contribution in [0.2, 0.25) is 0 Å². The normalized spacial score (nSPS) is 10.4. The van der Waals surface area contributed by atoms with Crippen LogP contribution in [0.15, 0.2) is 23.1 Å². The second kappa shape index (κ2) is 7.31. The van der Waals surface area contributed by atoms with Crippen molar-refractivity contribution in [2.24, 2.45) is 5.73 Å². The molecule has 0 radical (unpaired) electrons. The van der Waals surface area contributed by atoms with Crippen LogP contribution in [0.1, 0.15) is 32.3 Å². The molecule has 0 fully saturated rings. The Morgan fingerprint density at radius 1 is 1.28 bits per heavy atom. The minimum absolute atomic E-state index is 0.159. The Bertz CT molecular complexity index is 398. The van der Waals surface area contributed by atoms with Gasteiger partial charge in [-0.15, -0.1) is 11.8 Å². The lowest BCUT2D eigenvalue weighted by atomic mass is 10.1. The van der Waals surface area contributed by atoms with Crippen molar-refractivity contribution in [2.75, 3.05) is 24.2 Å². The first-order valence-electron chi connectivity index (χ1n) is 6.42. The third-order valence-corrected chi connectivity index (χ3v) is 3.60. The molecule has 0 saturated carbocycles. The number of hydrogen-bond donors (Lipinski definition) is 2.